The van der Waals surface area contributed by atoms with Crippen LogP contribution in [-0.2, 0) is 11.0 Å². The Morgan fingerprint density at radius 3 is 2.09 bits per heavy atom. The van der Waals surface area contributed by atoms with Gasteiger partial charge in [0.05, 0.1) is 0 Å². The first-order valence-corrected chi connectivity index (χ1v) is 9.05. The standard InChI is InChI=1S/C19H23O2P/c1-13(2)10-16-11-14(3)18(15(4)12-16)19(20)22(21)17-8-6-5-7-9-17/h5-9,11-13,22H,10H2,1-4H3. The van der Waals surface area contributed by atoms with E-state index in [9.17, 15) is 9.36 Å². The van der Waals surface area contributed by atoms with Crippen LogP contribution < -0.4 is 5.30 Å². The van der Waals surface area contributed by atoms with Crippen molar-refractivity contribution in [2.75, 3.05) is 0 Å². The summed E-state index contributed by atoms with van der Waals surface area (Å²) in [5, 5.41) is 0.627. The van der Waals surface area contributed by atoms with E-state index in [2.05, 4.69) is 26.0 Å². The fraction of sp³-hybridized carbons (Fsp3) is 0.316. The normalized spacial score (nSPS) is 12.4. The summed E-state index contributed by atoms with van der Waals surface area (Å²) in [4.78, 5) is 12.7. The molecule has 22 heavy (non-hydrogen) atoms. The van der Waals surface area contributed by atoms with E-state index < -0.39 is 7.80 Å². The van der Waals surface area contributed by atoms with Crippen molar-refractivity contribution in [1.82, 2.24) is 0 Å². The van der Waals surface area contributed by atoms with E-state index in [1.807, 2.05) is 32.0 Å². The van der Waals surface area contributed by atoms with Crippen molar-refractivity contribution < 1.29 is 9.36 Å². The number of benzene rings is 2. The van der Waals surface area contributed by atoms with Crippen molar-refractivity contribution in [2.24, 2.45) is 5.92 Å². The molecule has 0 aliphatic carbocycles. The van der Waals surface area contributed by atoms with Gasteiger partial charge in [-0.05, 0) is 42.9 Å². The van der Waals surface area contributed by atoms with Crippen LogP contribution in [0.15, 0.2) is 42.5 Å². The van der Waals surface area contributed by atoms with Crippen LogP contribution in [0, 0.1) is 19.8 Å². The van der Waals surface area contributed by atoms with Crippen molar-refractivity contribution in [3.05, 3.63) is 64.7 Å². The van der Waals surface area contributed by atoms with Crippen LogP contribution in [0.4, 0.5) is 0 Å². The van der Waals surface area contributed by atoms with Crippen LogP contribution >= 0.6 is 7.80 Å². The molecule has 0 bridgehead atoms. The molecule has 0 aliphatic rings. The Bertz CT molecular complexity index is 680. The average Bonchev–Trinajstić information content (AvgIpc) is 2.45. The topological polar surface area (TPSA) is 34.1 Å². The highest BCUT2D eigenvalue weighted by Gasteiger charge is 2.20. The lowest BCUT2D eigenvalue weighted by Gasteiger charge is -2.13. The fourth-order valence-corrected chi connectivity index (χ4v) is 4.21. The van der Waals surface area contributed by atoms with E-state index in [1.54, 1.807) is 12.1 Å². The van der Waals surface area contributed by atoms with E-state index in [0.29, 0.717) is 16.8 Å². The molecule has 2 nitrogen and oxygen atoms in total. The first-order valence-electron chi connectivity index (χ1n) is 7.64. The SMILES string of the molecule is Cc1cc(CC(C)C)cc(C)c1C(=O)[PH](=O)c1ccccc1. The van der Waals surface area contributed by atoms with Crippen LogP contribution in [0.25, 0.3) is 0 Å². The maximum atomic E-state index is 12.7. The van der Waals surface area contributed by atoms with Gasteiger partial charge in [0.15, 0.2) is 7.80 Å². The van der Waals surface area contributed by atoms with E-state index in [1.165, 1.54) is 5.56 Å². The Labute approximate surface area is 133 Å². The summed E-state index contributed by atoms with van der Waals surface area (Å²) in [6, 6.07) is 13.1. The molecule has 116 valence electrons. The molecule has 2 aromatic carbocycles. The molecule has 0 saturated heterocycles. The summed E-state index contributed by atoms with van der Waals surface area (Å²) in [5.74, 6) is 0.573. The number of hydrogen-bond acceptors (Lipinski definition) is 2. The molecular formula is C19H23O2P. The average molecular weight is 314 g/mol. The molecule has 2 rings (SSSR count). The van der Waals surface area contributed by atoms with E-state index in [0.717, 1.165) is 17.5 Å². The largest absolute Gasteiger partial charge is 0.313 e. The first kappa shape index (κ1) is 16.7. The van der Waals surface area contributed by atoms with Gasteiger partial charge < -0.3 is 4.57 Å². The van der Waals surface area contributed by atoms with E-state index in [-0.39, 0.29) is 5.52 Å². The van der Waals surface area contributed by atoms with Gasteiger partial charge in [0.2, 0.25) is 5.52 Å². The molecule has 0 aromatic heterocycles. The molecule has 0 N–H and O–H groups in total. The number of carbonyl (C=O) groups is 1. The second-order valence-corrected chi connectivity index (χ2v) is 7.92. The summed E-state index contributed by atoms with van der Waals surface area (Å²) >= 11 is 0. The van der Waals surface area contributed by atoms with Gasteiger partial charge in [0, 0.05) is 10.9 Å². The molecule has 0 saturated carbocycles. The Balaban J connectivity index is 2.36. The minimum atomic E-state index is -2.47. The third kappa shape index (κ3) is 3.75. The maximum absolute atomic E-state index is 12.7. The number of rotatable bonds is 5. The zero-order valence-corrected chi connectivity index (χ0v) is 14.6. The molecule has 0 radical (unpaired) electrons. The smallest absolute Gasteiger partial charge is 0.223 e. The highest BCUT2D eigenvalue weighted by atomic mass is 31.1. The molecule has 3 heteroatoms. The van der Waals surface area contributed by atoms with Crippen LogP contribution in [0.2, 0.25) is 0 Å². The Morgan fingerprint density at radius 1 is 1.05 bits per heavy atom. The molecule has 0 amide bonds. The second kappa shape index (κ2) is 7.07. The zero-order valence-electron chi connectivity index (χ0n) is 13.6. The molecule has 0 heterocycles. The number of hydrogen-bond donors (Lipinski definition) is 0. The van der Waals surface area contributed by atoms with Gasteiger partial charge in [-0.1, -0.05) is 56.3 Å². The van der Waals surface area contributed by atoms with Crippen LogP contribution in [0.1, 0.15) is 40.9 Å². The predicted molar refractivity (Wildman–Crippen MR) is 93.9 cm³/mol. The van der Waals surface area contributed by atoms with Gasteiger partial charge >= 0.3 is 0 Å². The van der Waals surface area contributed by atoms with Crippen molar-refractivity contribution in [2.45, 2.75) is 34.1 Å². The quantitative estimate of drug-likeness (QED) is 0.760. The molecule has 2 aromatic rings. The van der Waals surface area contributed by atoms with Crippen molar-refractivity contribution in [1.29, 1.82) is 0 Å². The summed E-state index contributed by atoms with van der Waals surface area (Å²) in [6.07, 6.45) is 0.990. The maximum Gasteiger partial charge on any atom is 0.223 e. The predicted octanol–water partition coefficient (Wildman–Crippen LogP) is 4.53. The molecule has 0 fully saturated rings. The zero-order chi connectivity index (χ0) is 16.3. The summed E-state index contributed by atoms with van der Waals surface area (Å²) < 4.78 is 12.5. The molecular weight excluding hydrogens is 291 g/mol. The van der Waals surface area contributed by atoms with Gasteiger partial charge in [-0.2, -0.15) is 0 Å². The fourth-order valence-electron chi connectivity index (χ4n) is 2.83. The van der Waals surface area contributed by atoms with Gasteiger partial charge in [0.1, 0.15) is 0 Å². The van der Waals surface area contributed by atoms with Gasteiger partial charge in [0.25, 0.3) is 0 Å². The third-order valence-electron chi connectivity index (χ3n) is 3.71. The van der Waals surface area contributed by atoms with Crippen LogP contribution in [0.3, 0.4) is 0 Å². The minimum absolute atomic E-state index is 0.234. The lowest BCUT2D eigenvalue weighted by molar-refractivity contribution is 0.107. The highest BCUT2D eigenvalue weighted by molar-refractivity contribution is 7.71. The van der Waals surface area contributed by atoms with Crippen LogP contribution in [0.5, 0.6) is 0 Å². The van der Waals surface area contributed by atoms with E-state index >= 15 is 0 Å². The number of carbonyl (C=O) groups excluding carboxylic acids is 1. The Kier molecular flexibility index (Phi) is 5.37. The monoisotopic (exact) mass is 314 g/mol. The molecule has 1 atom stereocenters. The molecule has 0 spiro atoms. The minimum Gasteiger partial charge on any atom is -0.313 e. The van der Waals surface area contributed by atoms with E-state index in [4.69, 9.17) is 0 Å². The lowest BCUT2D eigenvalue weighted by Crippen LogP contribution is -2.08. The second-order valence-electron chi connectivity index (χ2n) is 6.23. The lowest BCUT2D eigenvalue weighted by atomic mass is 9.95. The summed E-state index contributed by atoms with van der Waals surface area (Å²) in [5.41, 5.74) is 3.48. The number of aryl methyl sites for hydroxylation is 2. The van der Waals surface area contributed by atoms with Crippen LogP contribution in [-0.4, -0.2) is 5.52 Å². The van der Waals surface area contributed by atoms with Crippen molar-refractivity contribution in [3.63, 3.8) is 0 Å². The summed E-state index contributed by atoms with van der Waals surface area (Å²) in [6.45, 7) is 8.23. The summed E-state index contributed by atoms with van der Waals surface area (Å²) in [7, 11) is -2.47. The molecule has 0 aliphatic heterocycles. The van der Waals surface area contributed by atoms with Gasteiger partial charge in [-0.25, -0.2) is 0 Å². The highest BCUT2D eigenvalue weighted by Crippen LogP contribution is 2.30. The van der Waals surface area contributed by atoms with Crippen molar-refractivity contribution in [3.8, 4) is 0 Å². The third-order valence-corrected chi connectivity index (χ3v) is 5.23. The van der Waals surface area contributed by atoms with Gasteiger partial charge in [-0.15, -0.1) is 0 Å². The Hall–Kier alpha value is -1.66. The molecule has 1 unspecified atom stereocenters. The van der Waals surface area contributed by atoms with Gasteiger partial charge in [-0.3, -0.25) is 4.79 Å². The Morgan fingerprint density at radius 2 is 1.59 bits per heavy atom. The van der Waals surface area contributed by atoms with Crippen molar-refractivity contribution >= 4 is 18.6 Å². The first-order chi connectivity index (χ1) is 10.4.